The van der Waals surface area contributed by atoms with Gasteiger partial charge in [0.2, 0.25) is 0 Å². The van der Waals surface area contributed by atoms with Gasteiger partial charge in [-0.15, -0.1) is 0 Å². The zero-order chi connectivity index (χ0) is 14.4. The molecule has 1 aliphatic heterocycles. The number of nitrogens with one attached hydrogen (secondary N) is 1. The van der Waals surface area contributed by atoms with Gasteiger partial charge in [0, 0.05) is 33.8 Å². The molecule has 1 aromatic heterocycles. The lowest BCUT2D eigenvalue weighted by molar-refractivity contribution is 0.134. The maximum Gasteiger partial charge on any atom is 0.149 e. The molecular formula is C14H25N5O. The summed E-state index contributed by atoms with van der Waals surface area (Å²) in [6, 6.07) is 0. The summed E-state index contributed by atoms with van der Waals surface area (Å²) in [5.41, 5.74) is 0. The Morgan fingerprint density at radius 3 is 2.75 bits per heavy atom. The number of aromatic nitrogens is 2. The van der Waals surface area contributed by atoms with Gasteiger partial charge in [0.25, 0.3) is 0 Å². The number of likely N-dealkylation sites (tertiary alicyclic amines) is 1. The fourth-order valence-electron chi connectivity index (χ4n) is 2.39. The molecule has 0 amide bonds. The molecule has 0 unspecified atom stereocenters. The average molecular weight is 279 g/mol. The van der Waals surface area contributed by atoms with Gasteiger partial charge < -0.3 is 20.2 Å². The zero-order valence-electron chi connectivity index (χ0n) is 12.4. The summed E-state index contributed by atoms with van der Waals surface area (Å²) in [6.45, 7) is 4.37. The van der Waals surface area contributed by atoms with Crippen molar-refractivity contribution in [3.05, 3.63) is 12.4 Å². The van der Waals surface area contributed by atoms with Crippen molar-refractivity contribution >= 4 is 11.6 Å². The quantitative estimate of drug-likeness (QED) is 0.797. The highest BCUT2D eigenvalue weighted by molar-refractivity contribution is 5.42. The van der Waals surface area contributed by atoms with Crippen molar-refractivity contribution in [2.24, 2.45) is 5.92 Å². The van der Waals surface area contributed by atoms with E-state index in [0.717, 1.165) is 50.7 Å². The third-order valence-electron chi connectivity index (χ3n) is 3.78. The molecule has 6 heteroatoms. The highest BCUT2D eigenvalue weighted by atomic mass is 16.3. The molecule has 20 heavy (non-hydrogen) atoms. The van der Waals surface area contributed by atoms with Gasteiger partial charge in [0.15, 0.2) is 0 Å². The van der Waals surface area contributed by atoms with Crippen molar-refractivity contribution in [3.63, 3.8) is 0 Å². The number of anilines is 2. The molecule has 1 aliphatic rings. The Bertz CT molecular complexity index is 404. The monoisotopic (exact) mass is 279 g/mol. The van der Waals surface area contributed by atoms with Crippen LogP contribution in [0.2, 0.25) is 0 Å². The number of aliphatic hydroxyl groups excluding tert-OH is 1. The second-order valence-electron chi connectivity index (χ2n) is 5.55. The number of nitrogens with zero attached hydrogens (tertiary/aromatic N) is 4. The molecule has 2 rings (SSSR count). The van der Waals surface area contributed by atoms with Gasteiger partial charge in [0.05, 0.1) is 12.4 Å². The molecule has 1 aromatic rings. The lowest BCUT2D eigenvalue weighted by atomic mass is 9.98. The molecule has 1 fully saturated rings. The summed E-state index contributed by atoms with van der Waals surface area (Å²) < 4.78 is 0. The van der Waals surface area contributed by atoms with Crippen LogP contribution in [-0.2, 0) is 0 Å². The maximum absolute atomic E-state index is 9.12. The summed E-state index contributed by atoms with van der Waals surface area (Å²) in [6.07, 6.45) is 5.72. The molecular weight excluding hydrogens is 254 g/mol. The van der Waals surface area contributed by atoms with Crippen LogP contribution >= 0.6 is 0 Å². The van der Waals surface area contributed by atoms with Gasteiger partial charge in [-0.05, 0) is 31.8 Å². The average Bonchev–Trinajstić information content (AvgIpc) is 2.48. The minimum absolute atomic E-state index is 0.332. The van der Waals surface area contributed by atoms with Gasteiger partial charge in [-0.2, -0.15) is 0 Å². The third-order valence-corrected chi connectivity index (χ3v) is 3.78. The lowest BCUT2D eigenvalue weighted by Gasteiger charge is -2.31. The molecule has 0 bridgehead atoms. The van der Waals surface area contributed by atoms with E-state index in [1.54, 1.807) is 12.4 Å². The number of aliphatic hydroxyl groups is 1. The normalized spacial score (nSPS) is 17.1. The lowest BCUT2D eigenvalue weighted by Crippen LogP contribution is -2.37. The van der Waals surface area contributed by atoms with E-state index < -0.39 is 0 Å². The first kappa shape index (κ1) is 15.0. The third kappa shape index (κ3) is 4.31. The van der Waals surface area contributed by atoms with Gasteiger partial charge in [-0.25, -0.2) is 4.98 Å². The van der Waals surface area contributed by atoms with Crippen LogP contribution in [0.3, 0.4) is 0 Å². The predicted molar refractivity (Wildman–Crippen MR) is 81.1 cm³/mol. The van der Waals surface area contributed by atoms with Crippen molar-refractivity contribution in [1.29, 1.82) is 0 Å². The van der Waals surface area contributed by atoms with E-state index >= 15 is 0 Å². The Labute approximate surface area is 120 Å². The molecule has 0 aromatic carbocycles. The molecule has 112 valence electrons. The van der Waals surface area contributed by atoms with Crippen molar-refractivity contribution in [3.8, 4) is 0 Å². The van der Waals surface area contributed by atoms with E-state index in [9.17, 15) is 0 Å². The minimum atomic E-state index is 0.332. The van der Waals surface area contributed by atoms with Crippen molar-refractivity contribution in [2.45, 2.75) is 12.8 Å². The predicted octanol–water partition coefficient (Wildman–Crippen LogP) is 0.659. The maximum atomic E-state index is 9.12. The molecule has 0 spiro atoms. The fourth-order valence-corrected chi connectivity index (χ4v) is 2.39. The van der Waals surface area contributed by atoms with Crippen LogP contribution in [0, 0.1) is 5.92 Å². The van der Waals surface area contributed by atoms with Crippen LogP contribution in [0.1, 0.15) is 12.8 Å². The minimum Gasteiger partial charge on any atom is -0.396 e. The second kappa shape index (κ2) is 7.40. The first-order chi connectivity index (χ1) is 9.69. The van der Waals surface area contributed by atoms with E-state index in [1.165, 1.54) is 0 Å². The van der Waals surface area contributed by atoms with Gasteiger partial charge in [-0.1, -0.05) is 0 Å². The van der Waals surface area contributed by atoms with Gasteiger partial charge in [-0.3, -0.25) is 4.98 Å². The fraction of sp³-hybridized carbons (Fsp3) is 0.714. The molecule has 2 N–H and O–H groups in total. The summed E-state index contributed by atoms with van der Waals surface area (Å²) in [4.78, 5) is 13.0. The Kier molecular flexibility index (Phi) is 5.55. The second-order valence-corrected chi connectivity index (χ2v) is 5.55. The highest BCUT2D eigenvalue weighted by Gasteiger charge is 2.17. The summed E-state index contributed by atoms with van der Waals surface area (Å²) >= 11 is 0. The smallest absolute Gasteiger partial charge is 0.149 e. The van der Waals surface area contributed by atoms with Crippen LogP contribution < -0.4 is 10.2 Å². The van der Waals surface area contributed by atoms with Crippen molar-refractivity contribution in [1.82, 2.24) is 14.9 Å². The van der Waals surface area contributed by atoms with Crippen LogP contribution in [-0.4, -0.2) is 66.9 Å². The summed E-state index contributed by atoms with van der Waals surface area (Å²) in [7, 11) is 3.91. The summed E-state index contributed by atoms with van der Waals surface area (Å²) in [5, 5.41) is 12.4. The summed E-state index contributed by atoms with van der Waals surface area (Å²) in [5.74, 6) is 2.18. The molecule has 0 atom stereocenters. The van der Waals surface area contributed by atoms with Gasteiger partial charge in [0.1, 0.15) is 11.6 Å². The zero-order valence-corrected chi connectivity index (χ0v) is 12.4. The molecule has 0 radical (unpaired) electrons. The highest BCUT2D eigenvalue weighted by Crippen LogP contribution is 2.16. The first-order valence-corrected chi connectivity index (χ1v) is 7.25. The molecule has 1 saturated heterocycles. The topological polar surface area (TPSA) is 64.5 Å². The molecule has 6 nitrogen and oxygen atoms in total. The van der Waals surface area contributed by atoms with E-state index in [-0.39, 0.29) is 0 Å². The Morgan fingerprint density at radius 1 is 1.35 bits per heavy atom. The molecule has 2 heterocycles. The van der Waals surface area contributed by atoms with Crippen LogP contribution in [0.15, 0.2) is 12.4 Å². The van der Waals surface area contributed by atoms with Crippen LogP contribution in [0.4, 0.5) is 11.6 Å². The van der Waals surface area contributed by atoms with E-state index in [0.29, 0.717) is 12.5 Å². The molecule has 0 saturated carbocycles. The number of hydrogen-bond acceptors (Lipinski definition) is 6. The van der Waals surface area contributed by atoms with Crippen LogP contribution in [0.25, 0.3) is 0 Å². The van der Waals surface area contributed by atoms with Gasteiger partial charge >= 0.3 is 0 Å². The Morgan fingerprint density at radius 2 is 2.10 bits per heavy atom. The largest absolute Gasteiger partial charge is 0.396 e. The number of rotatable bonds is 6. The molecule has 0 aliphatic carbocycles. The van der Waals surface area contributed by atoms with E-state index in [4.69, 9.17) is 5.11 Å². The van der Waals surface area contributed by atoms with E-state index in [1.807, 2.05) is 19.0 Å². The van der Waals surface area contributed by atoms with Crippen LogP contribution in [0.5, 0.6) is 0 Å². The first-order valence-electron chi connectivity index (χ1n) is 7.25. The Balaban J connectivity index is 1.72. The number of piperidine rings is 1. The van der Waals surface area contributed by atoms with E-state index in [2.05, 4.69) is 20.2 Å². The van der Waals surface area contributed by atoms with Crippen molar-refractivity contribution in [2.75, 3.05) is 57.1 Å². The van der Waals surface area contributed by atoms with Crippen molar-refractivity contribution < 1.29 is 5.11 Å². The Hall–Kier alpha value is -1.40. The standard InChI is InChI=1S/C14H25N5O/c1-18(2)14-10-15-9-13(17-14)16-5-8-19-6-3-12(11-20)4-7-19/h9-10,12,20H,3-8,11H2,1-2H3,(H,16,17). The number of hydrogen-bond donors (Lipinski definition) is 2. The SMILES string of the molecule is CN(C)c1cncc(NCCN2CCC(CO)CC2)n1.